The van der Waals surface area contributed by atoms with E-state index in [1.165, 1.54) is 0 Å². The van der Waals surface area contributed by atoms with Gasteiger partial charge in [0.05, 0.1) is 22.3 Å². The van der Waals surface area contributed by atoms with E-state index >= 15 is 0 Å². The third-order valence-corrected chi connectivity index (χ3v) is 7.91. The molecule has 0 amide bonds. The first kappa shape index (κ1) is 25.5. The van der Waals surface area contributed by atoms with Crippen molar-refractivity contribution in [3.8, 4) is 45.2 Å². The maximum absolute atomic E-state index is 11.8. The largest absolute Gasteiger partial charge is 0.507 e. The first-order valence-electron chi connectivity index (χ1n) is 14.1. The SMILES string of the molecule is CC(c1ccccc1)c1cccc(-c2nc3c(-c4cccc(-c5ccccn5)c4)cccc3n2-c2ccccc2)c1O. The molecule has 5 aromatic carbocycles. The average molecular weight is 544 g/mol. The highest BCUT2D eigenvalue weighted by molar-refractivity contribution is 5.96. The second-order valence-electron chi connectivity index (χ2n) is 10.5. The standard InChI is InChI=1S/C38H29N3O/c1-26(27-13-4-2-5-14-27)31-19-11-21-33(37(31)42)38-40-36-32(20-12-23-35(36)41(38)30-17-6-3-7-18-30)28-15-10-16-29(25-28)34-22-8-9-24-39-34/h2-26,42H,1H3. The number of aromatic hydroxyl groups is 1. The minimum Gasteiger partial charge on any atom is -0.507 e. The summed E-state index contributed by atoms with van der Waals surface area (Å²) in [6.07, 6.45) is 1.82. The molecule has 2 heterocycles. The van der Waals surface area contributed by atoms with Gasteiger partial charge in [-0.2, -0.15) is 0 Å². The fraction of sp³-hybridized carbons (Fsp3) is 0.0526. The summed E-state index contributed by atoms with van der Waals surface area (Å²) in [5.41, 5.74) is 9.60. The first-order valence-corrected chi connectivity index (χ1v) is 14.1. The van der Waals surface area contributed by atoms with Gasteiger partial charge in [-0.1, -0.05) is 104 Å². The van der Waals surface area contributed by atoms with E-state index in [-0.39, 0.29) is 11.7 Å². The number of fused-ring (bicyclic) bond motifs is 1. The molecule has 0 saturated carbocycles. The van der Waals surface area contributed by atoms with Crippen LogP contribution in [0.3, 0.4) is 0 Å². The molecule has 7 rings (SSSR count). The maximum Gasteiger partial charge on any atom is 0.149 e. The monoisotopic (exact) mass is 543 g/mol. The van der Waals surface area contributed by atoms with Crippen molar-refractivity contribution in [1.29, 1.82) is 0 Å². The topological polar surface area (TPSA) is 50.9 Å². The van der Waals surface area contributed by atoms with Crippen LogP contribution in [0.25, 0.3) is 50.5 Å². The van der Waals surface area contributed by atoms with Crippen molar-refractivity contribution in [3.05, 3.63) is 157 Å². The van der Waals surface area contributed by atoms with Crippen molar-refractivity contribution in [2.24, 2.45) is 0 Å². The molecule has 0 aliphatic carbocycles. The van der Waals surface area contributed by atoms with E-state index in [2.05, 4.69) is 83.2 Å². The van der Waals surface area contributed by atoms with E-state index in [1.807, 2.05) is 79.0 Å². The predicted molar refractivity (Wildman–Crippen MR) is 171 cm³/mol. The lowest BCUT2D eigenvalue weighted by Crippen LogP contribution is -2.00. The quantitative estimate of drug-likeness (QED) is 0.227. The molecule has 202 valence electrons. The average Bonchev–Trinajstić information content (AvgIpc) is 3.45. The molecule has 0 bridgehead atoms. The van der Waals surface area contributed by atoms with E-state index in [4.69, 9.17) is 4.98 Å². The number of nitrogens with zero attached hydrogens (tertiary/aromatic N) is 3. The van der Waals surface area contributed by atoms with Gasteiger partial charge in [-0.25, -0.2) is 4.98 Å². The van der Waals surface area contributed by atoms with Gasteiger partial charge in [-0.3, -0.25) is 9.55 Å². The summed E-state index contributed by atoms with van der Waals surface area (Å²) >= 11 is 0. The molecule has 0 aliphatic heterocycles. The molecule has 0 spiro atoms. The van der Waals surface area contributed by atoms with Gasteiger partial charge in [-0.15, -0.1) is 0 Å². The van der Waals surface area contributed by atoms with Gasteiger partial charge in [0.1, 0.15) is 11.6 Å². The zero-order valence-electron chi connectivity index (χ0n) is 23.2. The molecule has 42 heavy (non-hydrogen) atoms. The number of para-hydroxylation sites is 3. The molecule has 7 aromatic rings. The van der Waals surface area contributed by atoms with Crippen LogP contribution in [0.4, 0.5) is 0 Å². The molecule has 1 atom stereocenters. The minimum absolute atomic E-state index is 0.0191. The highest BCUT2D eigenvalue weighted by Gasteiger charge is 2.22. The second kappa shape index (κ2) is 10.8. The zero-order valence-corrected chi connectivity index (χ0v) is 23.2. The Morgan fingerprint density at radius 3 is 2.12 bits per heavy atom. The number of hydrogen-bond acceptors (Lipinski definition) is 3. The molecular formula is C38H29N3O. The molecular weight excluding hydrogens is 514 g/mol. The van der Waals surface area contributed by atoms with Gasteiger partial charge in [0.25, 0.3) is 0 Å². The molecule has 0 aliphatic rings. The summed E-state index contributed by atoms with van der Waals surface area (Å²) in [6, 6.07) is 47.1. The number of benzene rings is 5. The normalized spacial score (nSPS) is 11.9. The highest BCUT2D eigenvalue weighted by Crippen LogP contribution is 2.41. The van der Waals surface area contributed by atoms with Crippen molar-refractivity contribution in [1.82, 2.24) is 14.5 Å². The van der Waals surface area contributed by atoms with Crippen molar-refractivity contribution in [2.45, 2.75) is 12.8 Å². The molecule has 0 fully saturated rings. The third-order valence-electron chi connectivity index (χ3n) is 7.91. The lowest BCUT2D eigenvalue weighted by molar-refractivity contribution is 0.467. The number of imidazole rings is 1. The van der Waals surface area contributed by atoms with Gasteiger partial charge < -0.3 is 5.11 Å². The second-order valence-corrected chi connectivity index (χ2v) is 10.5. The van der Waals surface area contributed by atoms with E-state index in [1.54, 1.807) is 0 Å². The maximum atomic E-state index is 11.8. The summed E-state index contributed by atoms with van der Waals surface area (Å²) in [5.74, 6) is 0.967. The molecule has 2 aromatic heterocycles. The first-order chi connectivity index (χ1) is 20.7. The Bertz CT molecular complexity index is 2000. The van der Waals surface area contributed by atoms with Crippen LogP contribution in [0.5, 0.6) is 5.75 Å². The fourth-order valence-electron chi connectivity index (χ4n) is 5.74. The van der Waals surface area contributed by atoms with Crippen LogP contribution in [0, 0.1) is 0 Å². The van der Waals surface area contributed by atoms with Gasteiger partial charge in [0.2, 0.25) is 0 Å². The van der Waals surface area contributed by atoms with Crippen LogP contribution in [-0.4, -0.2) is 19.6 Å². The van der Waals surface area contributed by atoms with E-state index in [0.717, 1.165) is 50.2 Å². The number of pyridine rings is 1. The van der Waals surface area contributed by atoms with Crippen LogP contribution in [0.1, 0.15) is 24.0 Å². The predicted octanol–water partition coefficient (Wildman–Crippen LogP) is 9.28. The number of aromatic nitrogens is 3. The number of hydrogen-bond donors (Lipinski definition) is 1. The molecule has 0 radical (unpaired) electrons. The van der Waals surface area contributed by atoms with E-state index in [9.17, 15) is 5.11 Å². The van der Waals surface area contributed by atoms with Crippen molar-refractivity contribution in [3.63, 3.8) is 0 Å². The van der Waals surface area contributed by atoms with Crippen LogP contribution in [0.2, 0.25) is 0 Å². The Hall–Kier alpha value is -5.48. The molecule has 4 nitrogen and oxygen atoms in total. The summed E-state index contributed by atoms with van der Waals surface area (Å²) in [4.78, 5) is 9.81. The van der Waals surface area contributed by atoms with Gasteiger partial charge in [-0.05, 0) is 53.6 Å². The highest BCUT2D eigenvalue weighted by atomic mass is 16.3. The van der Waals surface area contributed by atoms with Crippen LogP contribution >= 0.6 is 0 Å². The third kappa shape index (κ3) is 4.53. The van der Waals surface area contributed by atoms with Crippen LogP contribution in [0.15, 0.2) is 146 Å². The number of rotatable bonds is 6. The van der Waals surface area contributed by atoms with Gasteiger partial charge >= 0.3 is 0 Å². The summed E-state index contributed by atoms with van der Waals surface area (Å²) < 4.78 is 2.15. The molecule has 0 saturated heterocycles. The Morgan fingerprint density at radius 1 is 0.643 bits per heavy atom. The minimum atomic E-state index is 0.0191. The summed E-state index contributed by atoms with van der Waals surface area (Å²) in [5, 5.41) is 11.8. The van der Waals surface area contributed by atoms with Crippen LogP contribution < -0.4 is 0 Å². The van der Waals surface area contributed by atoms with Crippen LogP contribution in [-0.2, 0) is 0 Å². The number of phenols is 1. The summed E-state index contributed by atoms with van der Waals surface area (Å²) in [6.45, 7) is 2.13. The Labute approximate surface area is 245 Å². The smallest absolute Gasteiger partial charge is 0.149 e. The summed E-state index contributed by atoms with van der Waals surface area (Å²) in [7, 11) is 0. The number of phenolic OH excluding ortho intramolecular Hbond substituents is 1. The van der Waals surface area contributed by atoms with Gasteiger partial charge in [0.15, 0.2) is 0 Å². The fourth-order valence-corrected chi connectivity index (χ4v) is 5.74. The van der Waals surface area contributed by atoms with E-state index < -0.39 is 0 Å². The van der Waals surface area contributed by atoms with Crippen molar-refractivity contribution < 1.29 is 5.11 Å². The Kier molecular flexibility index (Phi) is 6.57. The lowest BCUT2D eigenvalue weighted by atomic mass is 9.91. The Balaban J connectivity index is 1.44. The lowest BCUT2D eigenvalue weighted by Gasteiger charge is -2.17. The molecule has 1 N–H and O–H groups in total. The Morgan fingerprint density at radius 2 is 1.33 bits per heavy atom. The van der Waals surface area contributed by atoms with E-state index in [0.29, 0.717) is 11.4 Å². The van der Waals surface area contributed by atoms with Crippen molar-refractivity contribution >= 4 is 11.0 Å². The molecule has 4 heteroatoms. The van der Waals surface area contributed by atoms with Gasteiger partial charge in [0, 0.05) is 34.5 Å². The van der Waals surface area contributed by atoms with Crippen molar-refractivity contribution in [2.75, 3.05) is 0 Å². The molecule has 1 unspecified atom stereocenters. The zero-order chi connectivity index (χ0) is 28.5.